The fraction of sp³-hybridized carbons (Fsp3) is 0.400. The monoisotopic (exact) mass is 332 g/mol. The Balaban J connectivity index is 1.70. The number of aromatic nitrogens is 3. The Morgan fingerprint density at radius 3 is 2.91 bits per heavy atom. The zero-order valence-electron chi connectivity index (χ0n) is 12.4. The third kappa shape index (κ3) is 2.56. The molecule has 4 rings (SSSR count). The minimum atomic E-state index is -0.428. The van der Waals surface area contributed by atoms with Crippen molar-refractivity contribution in [3.05, 3.63) is 48.3 Å². The number of hydrogen-bond acceptors (Lipinski definition) is 7. The Labute approximate surface area is 137 Å². The van der Waals surface area contributed by atoms with Gasteiger partial charge in [-0.2, -0.15) is 0 Å². The molecule has 0 aromatic carbocycles. The smallest absolute Gasteiger partial charge is 0.225 e. The highest BCUT2D eigenvalue weighted by Gasteiger charge is 2.51. The molecule has 0 saturated carbocycles. The zero-order chi connectivity index (χ0) is 15.9. The predicted molar refractivity (Wildman–Crippen MR) is 87.2 cm³/mol. The summed E-state index contributed by atoms with van der Waals surface area (Å²) in [5.74, 6) is 1.42. The van der Waals surface area contributed by atoms with E-state index in [9.17, 15) is 4.39 Å². The molecular formula is C15H17FN6S. The van der Waals surface area contributed by atoms with Gasteiger partial charge in [-0.25, -0.2) is 14.4 Å². The minimum absolute atomic E-state index is 0.124. The normalized spacial score (nSPS) is 30.3. The van der Waals surface area contributed by atoms with Crippen molar-refractivity contribution in [3.8, 4) is 0 Å². The summed E-state index contributed by atoms with van der Waals surface area (Å²) in [6, 6.07) is 4.01. The van der Waals surface area contributed by atoms with Gasteiger partial charge in [-0.3, -0.25) is 10.3 Å². The molecule has 120 valence electrons. The summed E-state index contributed by atoms with van der Waals surface area (Å²) in [5.41, 5.74) is 6.86. The molecule has 0 aliphatic carbocycles. The molecule has 2 aliphatic rings. The number of pyridine rings is 1. The molecule has 2 aliphatic heterocycles. The molecule has 2 aromatic rings. The minimum Gasteiger partial charge on any atom is -0.338 e. The van der Waals surface area contributed by atoms with Crippen LogP contribution in [0, 0.1) is 11.7 Å². The van der Waals surface area contributed by atoms with Crippen LogP contribution in [0.3, 0.4) is 0 Å². The molecule has 0 amide bonds. The van der Waals surface area contributed by atoms with Gasteiger partial charge in [0.05, 0.1) is 17.9 Å². The lowest BCUT2D eigenvalue weighted by molar-refractivity contribution is 0.273. The maximum Gasteiger partial charge on any atom is 0.225 e. The SMILES string of the molecule is NC1N[C@@]2(c3cccnc3)CN(c3ncc(F)cn3)C[C@H]2CS1. The second-order valence-electron chi connectivity index (χ2n) is 5.89. The van der Waals surface area contributed by atoms with Gasteiger partial charge in [-0.1, -0.05) is 6.07 Å². The van der Waals surface area contributed by atoms with Gasteiger partial charge in [-0.15, -0.1) is 11.8 Å². The van der Waals surface area contributed by atoms with E-state index >= 15 is 0 Å². The van der Waals surface area contributed by atoms with Gasteiger partial charge in [0, 0.05) is 37.2 Å². The first kappa shape index (κ1) is 14.8. The number of nitrogens with zero attached hydrogens (tertiary/aromatic N) is 4. The van der Waals surface area contributed by atoms with Crippen LogP contribution in [-0.4, -0.2) is 39.3 Å². The highest BCUT2D eigenvalue weighted by molar-refractivity contribution is 7.99. The summed E-state index contributed by atoms with van der Waals surface area (Å²) >= 11 is 1.71. The summed E-state index contributed by atoms with van der Waals surface area (Å²) in [4.78, 5) is 14.6. The zero-order valence-corrected chi connectivity index (χ0v) is 13.2. The van der Waals surface area contributed by atoms with Crippen molar-refractivity contribution in [2.75, 3.05) is 23.7 Å². The molecule has 2 saturated heterocycles. The molecule has 2 aromatic heterocycles. The van der Waals surface area contributed by atoms with Crippen molar-refractivity contribution in [3.63, 3.8) is 0 Å². The maximum atomic E-state index is 13.1. The van der Waals surface area contributed by atoms with Crippen LogP contribution in [0.15, 0.2) is 36.9 Å². The average Bonchev–Trinajstić information content (AvgIpc) is 2.96. The number of nitrogens with two attached hydrogens (primary N) is 1. The first-order valence-electron chi connectivity index (χ1n) is 7.45. The van der Waals surface area contributed by atoms with Crippen molar-refractivity contribution in [1.82, 2.24) is 20.3 Å². The van der Waals surface area contributed by atoms with Gasteiger partial charge in [-0.05, 0) is 11.6 Å². The van der Waals surface area contributed by atoms with E-state index in [1.807, 2.05) is 12.3 Å². The number of rotatable bonds is 2. The summed E-state index contributed by atoms with van der Waals surface area (Å²) in [6.07, 6.45) is 6.06. The van der Waals surface area contributed by atoms with Crippen LogP contribution in [0.2, 0.25) is 0 Å². The van der Waals surface area contributed by atoms with Gasteiger partial charge in [0.25, 0.3) is 0 Å². The number of halogens is 1. The molecule has 1 unspecified atom stereocenters. The second kappa shape index (κ2) is 5.70. The molecular weight excluding hydrogens is 315 g/mol. The summed E-state index contributed by atoms with van der Waals surface area (Å²) in [7, 11) is 0. The Morgan fingerprint density at radius 2 is 2.17 bits per heavy atom. The summed E-state index contributed by atoms with van der Waals surface area (Å²) in [6.45, 7) is 1.48. The largest absolute Gasteiger partial charge is 0.338 e. The number of thioether (sulfide) groups is 1. The van der Waals surface area contributed by atoms with Crippen molar-refractivity contribution in [1.29, 1.82) is 0 Å². The van der Waals surface area contributed by atoms with Gasteiger partial charge < -0.3 is 10.6 Å². The van der Waals surface area contributed by atoms with E-state index in [0.717, 1.165) is 17.9 Å². The predicted octanol–water partition coefficient (Wildman–Crippen LogP) is 0.921. The number of fused-ring (bicyclic) bond motifs is 1. The standard InChI is InChI=1S/C15H17FN6S/c16-12-5-19-14(20-6-12)22-7-11-8-23-13(17)21-15(11,9-22)10-2-1-3-18-4-10/h1-6,11,13,21H,7-9,17H2/t11-,13?,15+/m0/s1. The molecule has 8 heteroatoms. The molecule has 4 heterocycles. The molecule has 0 spiro atoms. The Hall–Kier alpha value is -1.77. The van der Waals surface area contributed by atoms with Gasteiger partial charge in [0.1, 0.15) is 5.50 Å². The molecule has 6 nitrogen and oxygen atoms in total. The van der Waals surface area contributed by atoms with E-state index in [1.54, 1.807) is 18.0 Å². The van der Waals surface area contributed by atoms with Crippen LogP contribution < -0.4 is 16.0 Å². The van der Waals surface area contributed by atoms with E-state index in [-0.39, 0.29) is 11.0 Å². The molecule has 0 bridgehead atoms. The Bertz CT molecular complexity index is 684. The van der Waals surface area contributed by atoms with Crippen LogP contribution in [-0.2, 0) is 5.54 Å². The third-order valence-electron chi connectivity index (χ3n) is 4.52. The van der Waals surface area contributed by atoms with E-state index < -0.39 is 5.82 Å². The summed E-state index contributed by atoms with van der Waals surface area (Å²) in [5, 5.41) is 3.55. The number of hydrogen-bond donors (Lipinski definition) is 2. The summed E-state index contributed by atoms with van der Waals surface area (Å²) < 4.78 is 13.1. The lowest BCUT2D eigenvalue weighted by atomic mass is 9.82. The molecule has 0 radical (unpaired) electrons. The van der Waals surface area contributed by atoms with Crippen molar-refractivity contribution < 1.29 is 4.39 Å². The highest BCUT2D eigenvalue weighted by atomic mass is 32.2. The van der Waals surface area contributed by atoms with Crippen molar-refractivity contribution >= 4 is 17.7 Å². The first-order chi connectivity index (χ1) is 11.2. The van der Waals surface area contributed by atoms with Crippen LogP contribution in [0.25, 0.3) is 0 Å². The quantitative estimate of drug-likeness (QED) is 0.846. The fourth-order valence-electron chi connectivity index (χ4n) is 3.45. The highest BCUT2D eigenvalue weighted by Crippen LogP contribution is 2.43. The Kier molecular flexibility index (Phi) is 3.67. The van der Waals surface area contributed by atoms with E-state index in [1.165, 1.54) is 12.4 Å². The lowest BCUT2D eigenvalue weighted by Gasteiger charge is -2.42. The number of nitrogens with one attached hydrogen (secondary N) is 1. The molecule has 3 N–H and O–H groups in total. The molecule has 3 atom stereocenters. The first-order valence-corrected chi connectivity index (χ1v) is 8.50. The average molecular weight is 332 g/mol. The van der Waals surface area contributed by atoms with E-state index in [4.69, 9.17) is 5.73 Å². The van der Waals surface area contributed by atoms with Crippen LogP contribution in [0.1, 0.15) is 5.56 Å². The maximum absolute atomic E-state index is 13.1. The van der Waals surface area contributed by atoms with Crippen molar-refractivity contribution in [2.45, 2.75) is 11.0 Å². The lowest BCUT2D eigenvalue weighted by Crippen LogP contribution is -2.59. The molecule has 2 fully saturated rings. The number of anilines is 1. The van der Waals surface area contributed by atoms with Crippen LogP contribution >= 0.6 is 11.8 Å². The molecule has 23 heavy (non-hydrogen) atoms. The van der Waals surface area contributed by atoms with Gasteiger partial charge >= 0.3 is 0 Å². The topological polar surface area (TPSA) is 80.0 Å². The van der Waals surface area contributed by atoms with Crippen LogP contribution in [0.4, 0.5) is 10.3 Å². The fourth-order valence-corrected chi connectivity index (χ4v) is 4.57. The van der Waals surface area contributed by atoms with Crippen LogP contribution in [0.5, 0.6) is 0 Å². The van der Waals surface area contributed by atoms with Gasteiger partial charge in [0.15, 0.2) is 5.82 Å². The van der Waals surface area contributed by atoms with E-state index in [0.29, 0.717) is 18.4 Å². The van der Waals surface area contributed by atoms with Crippen molar-refractivity contribution in [2.24, 2.45) is 11.7 Å². The van der Waals surface area contributed by atoms with Gasteiger partial charge in [0.2, 0.25) is 5.95 Å². The third-order valence-corrected chi connectivity index (χ3v) is 5.59. The Morgan fingerprint density at radius 1 is 1.35 bits per heavy atom. The second-order valence-corrected chi connectivity index (χ2v) is 7.06. The van der Waals surface area contributed by atoms with E-state index in [2.05, 4.69) is 31.2 Å².